The highest BCUT2D eigenvalue weighted by Crippen LogP contribution is 2.26. The van der Waals surface area contributed by atoms with Gasteiger partial charge in [-0.1, -0.05) is 12.1 Å². The fraction of sp³-hybridized carbons (Fsp3) is 0.231. The first-order valence-electron chi connectivity index (χ1n) is 5.65. The summed E-state index contributed by atoms with van der Waals surface area (Å²) in [6.45, 7) is 4.29. The first kappa shape index (κ1) is 12.3. The Kier molecular flexibility index (Phi) is 3.43. The van der Waals surface area contributed by atoms with Crippen molar-refractivity contribution in [1.29, 1.82) is 0 Å². The van der Waals surface area contributed by atoms with E-state index in [-0.39, 0.29) is 5.69 Å². The van der Waals surface area contributed by atoms with Gasteiger partial charge in [-0.15, -0.1) is 0 Å². The number of ether oxygens (including phenoxy) is 1. The molecule has 0 saturated carbocycles. The Bertz CT molecular complexity index is 596. The minimum Gasteiger partial charge on any atom is -0.492 e. The molecule has 18 heavy (non-hydrogen) atoms. The summed E-state index contributed by atoms with van der Waals surface area (Å²) in [6, 6.07) is 7.23. The summed E-state index contributed by atoms with van der Waals surface area (Å²) >= 11 is 0. The molecule has 1 aromatic heterocycles. The van der Waals surface area contributed by atoms with E-state index < -0.39 is 5.91 Å². The molecule has 0 saturated heterocycles. The summed E-state index contributed by atoms with van der Waals surface area (Å²) in [5.74, 6) is -0.00279. The van der Waals surface area contributed by atoms with Crippen LogP contribution in [0.1, 0.15) is 23.0 Å². The van der Waals surface area contributed by atoms with Crippen molar-refractivity contribution < 1.29 is 14.7 Å². The summed E-state index contributed by atoms with van der Waals surface area (Å²) < 4.78 is 5.49. The second-order valence-electron chi connectivity index (χ2n) is 3.85. The van der Waals surface area contributed by atoms with E-state index in [1.807, 2.05) is 26.0 Å². The minimum atomic E-state index is -0.633. The van der Waals surface area contributed by atoms with E-state index in [4.69, 9.17) is 9.94 Å². The van der Waals surface area contributed by atoms with Gasteiger partial charge in [0.15, 0.2) is 0 Å². The van der Waals surface area contributed by atoms with Crippen LogP contribution >= 0.6 is 0 Å². The molecule has 1 aromatic carbocycles. The number of amides is 1. The van der Waals surface area contributed by atoms with Crippen molar-refractivity contribution in [1.82, 2.24) is 10.5 Å². The topological polar surface area (TPSA) is 71.5 Å². The molecule has 5 nitrogen and oxygen atoms in total. The third kappa shape index (κ3) is 2.12. The van der Waals surface area contributed by atoms with Gasteiger partial charge >= 0.3 is 0 Å². The molecular weight excluding hydrogens is 232 g/mol. The molecule has 5 heteroatoms. The van der Waals surface area contributed by atoms with Crippen molar-refractivity contribution >= 4 is 16.8 Å². The number of hydrogen-bond acceptors (Lipinski definition) is 4. The van der Waals surface area contributed by atoms with Gasteiger partial charge in [0, 0.05) is 5.39 Å². The Morgan fingerprint density at radius 3 is 2.94 bits per heavy atom. The first-order valence-corrected chi connectivity index (χ1v) is 5.65. The van der Waals surface area contributed by atoms with E-state index >= 15 is 0 Å². The van der Waals surface area contributed by atoms with Gasteiger partial charge < -0.3 is 4.74 Å². The van der Waals surface area contributed by atoms with Gasteiger partial charge in [0.2, 0.25) is 0 Å². The molecule has 0 fully saturated rings. The van der Waals surface area contributed by atoms with Crippen LogP contribution in [0.15, 0.2) is 24.3 Å². The fourth-order valence-electron chi connectivity index (χ4n) is 1.84. The molecule has 2 rings (SSSR count). The summed E-state index contributed by atoms with van der Waals surface area (Å²) in [5, 5.41) is 9.58. The van der Waals surface area contributed by atoms with Crippen LogP contribution in [-0.4, -0.2) is 22.7 Å². The zero-order chi connectivity index (χ0) is 13.1. The molecule has 0 aliphatic heterocycles. The highest BCUT2D eigenvalue weighted by molar-refractivity contribution is 5.96. The molecule has 2 aromatic rings. The van der Waals surface area contributed by atoms with Crippen molar-refractivity contribution in [2.24, 2.45) is 0 Å². The number of pyridine rings is 1. The largest absolute Gasteiger partial charge is 0.492 e. The predicted octanol–water partition coefficient (Wildman–Crippen LogP) is 2.06. The Balaban J connectivity index is 2.67. The number of carbonyl (C=O) groups is 1. The standard InChI is InChI=1S/C13H14N2O3/c1-3-18-11-6-4-5-9-8(2)7-10(13(16)15-17)14-12(9)11/h4-7,17H,3H2,1-2H3,(H,15,16). The van der Waals surface area contributed by atoms with Crippen LogP contribution in [0.2, 0.25) is 0 Å². The van der Waals surface area contributed by atoms with Gasteiger partial charge in [-0.05, 0) is 31.5 Å². The van der Waals surface area contributed by atoms with E-state index in [1.54, 1.807) is 17.6 Å². The number of hydrogen-bond donors (Lipinski definition) is 2. The van der Waals surface area contributed by atoms with E-state index in [2.05, 4.69) is 4.98 Å². The molecule has 0 aliphatic carbocycles. The van der Waals surface area contributed by atoms with E-state index in [0.29, 0.717) is 17.9 Å². The number of fused-ring (bicyclic) bond motifs is 1. The average molecular weight is 246 g/mol. The highest BCUT2D eigenvalue weighted by Gasteiger charge is 2.12. The Labute approximate surface area is 104 Å². The predicted molar refractivity (Wildman–Crippen MR) is 66.9 cm³/mol. The monoisotopic (exact) mass is 246 g/mol. The molecule has 0 atom stereocenters. The number of aryl methyl sites for hydroxylation is 1. The van der Waals surface area contributed by atoms with Gasteiger partial charge in [-0.2, -0.15) is 0 Å². The number of aromatic nitrogens is 1. The normalized spacial score (nSPS) is 10.4. The van der Waals surface area contributed by atoms with Gasteiger partial charge in [-0.25, -0.2) is 10.5 Å². The molecule has 1 amide bonds. The zero-order valence-corrected chi connectivity index (χ0v) is 10.2. The summed E-state index contributed by atoms with van der Waals surface area (Å²) in [6.07, 6.45) is 0. The second kappa shape index (κ2) is 5.01. The molecule has 0 bridgehead atoms. The number of hydroxylamine groups is 1. The van der Waals surface area contributed by atoms with Crippen LogP contribution in [0.3, 0.4) is 0 Å². The quantitative estimate of drug-likeness (QED) is 0.642. The Hall–Kier alpha value is -2.14. The first-order chi connectivity index (χ1) is 8.67. The van der Waals surface area contributed by atoms with E-state index in [1.165, 1.54) is 0 Å². The maximum atomic E-state index is 11.4. The molecule has 94 valence electrons. The van der Waals surface area contributed by atoms with E-state index in [0.717, 1.165) is 10.9 Å². The molecule has 0 spiro atoms. The molecule has 0 radical (unpaired) electrons. The van der Waals surface area contributed by atoms with Gasteiger partial charge in [0.1, 0.15) is 17.0 Å². The third-order valence-corrected chi connectivity index (χ3v) is 2.64. The lowest BCUT2D eigenvalue weighted by Gasteiger charge is -2.09. The number of para-hydroxylation sites is 1. The molecular formula is C13H14N2O3. The summed E-state index contributed by atoms with van der Waals surface area (Å²) in [7, 11) is 0. The fourth-order valence-corrected chi connectivity index (χ4v) is 1.84. The molecule has 0 unspecified atom stereocenters. The maximum Gasteiger partial charge on any atom is 0.293 e. The van der Waals surface area contributed by atoms with Crippen molar-refractivity contribution in [2.45, 2.75) is 13.8 Å². The summed E-state index contributed by atoms with van der Waals surface area (Å²) in [4.78, 5) is 15.6. The lowest BCUT2D eigenvalue weighted by molar-refractivity contribution is 0.0701. The van der Waals surface area contributed by atoms with Gasteiger partial charge in [0.25, 0.3) is 5.91 Å². The molecule has 1 heterocycles. The van der Waals surface area contributed by atoms with Crippen molar-refractivity contribution in [3.05, 3.63) is 35.5 Å². The van der Waals surface area contributed by atoms with Crippen molar-refractivity contribution in [3.8, 4) is 5.75 Å². The van der Waals surface area contributed by atoms with Crippen LogP contribution in [0.4, 0.5) is 0 Å². The Morgan fingerprint density at radius 1 is 1.50 bits per heavy atom. The number of benzene rings is 1. The van der Waals surface area contributed by atoms with E-state index in [9.17, 15) is 4.79 Å². The van der Waals surface area contributed by atoms with Crippen LogP contribution in [0.25, 0.3) is 10.9 Å². The van der Waals surface area contributed by atoms with Crippen LogP contribution in [-0.2, 0) is 0 Å². The number of rotatable bonds is 3. The number of carbonyl (C=O) groups excluding carboxylic acids is 1. The lowest BCUT2D eigenvalue weighted by Crippen LogP contribution is -2.20. The maximum absolute atomic E-state index is 11.4. The zero-order valence-electron chi connectivity index (χ0n) is 10.2. The molecule has 2 N–H and O–H groups in total. The second-order valence-corrected chi connectivity index (χ2v) is 3.85. The summed E-state index contributed by atoms with van der Waals surface area (Å²) in [5.41, 5.74) is 3.27. The smallest absolute Gasteiger partial charge is 0.293 e. The number of nitrogens with one attached hydrogen (secondary N) is 1. The van der Waals surface area contributed by atoms with Crippen LogP contribution in [0.5, 0.6) is 5.75 Å². The molecule has 0 aliphatic rings. The third-order valence-electron chi connectivity index (χ3n) is 2.64. The number of nitrogens with zero attached hydrogens (tertiary/aromatic N) is 1. The highest BCUT2D eigenvalue weighted by atomic mass is 16.5. The Morgan fingerprint density at radius 2 is 2.28 bits per heavy atom. The average Bonchev–Trinajstić information content (AvgIpc) is 2.39. The minimum absolute atomic E-state index is 0.162. The SMILES string of the molecule is CCOc1cccc2c(C)cc(C(=O)NO)nc12. The lowest BCUT2D eigenvalue weighted by atomic mass is 10.1. The van der Waals surface area contributed by atoms with Crippen LogP contribution < -0.4 is 10.2 Å². The van der Waals surface area contributed by atoms with Crippen molar-refractivity contribution in [3.63, 3.8) is 0 Å². The van der Waals surface area contributed by atoms with Crippen LogP contribution in [0, 0.1) is 6.92 Å². The van der Waals surface area contributed by atoms with Gasteiger partial charge in [-0.3, -0.25) is 10.0 Å². The van der Waals surface area contributed by atoms with Crippen molar-refractivity contribution in [2.75, 3.05) is 6.61 Å². The van der Waals surface area contributed by atoms with Gasteiger partial charge in [0.05, 0.1) is 6.61 Å².